The number of nitrogens with zero attached hydrogens (tertiary/aromatic N) is 2. The topological polar surface area (TPSA) is 25.8 Å². The Morgan fingerprint density at radius 2 is 1.20 bits per heavy atom. The van der Waals surface area contributed by atoms with Crippen LogP contribution < -0.4 is 0 Å². The number of halogens is 2. The fourth-order valence-corrected chi connectivity index (χ4v) is 11.9. The Balaban J connectivity index is 0.000000188. The minimum absolute atomic E-state index is 0.977. The minimum Gasteiger partial charge on any atom is -0.254 e. The van der Waals surface area contributed by atoms with Crippen molar-refractivity contribution in [2.24, 2.45) is 0 Å². The third-order valence-electron chi connectivity index (χ3n) is 4.14. The molecule has 2 aromatic heterocycles. The summed E-state index contributed by atoms with van der Waals surface area (Å²) in [5, 5.41) is 2.28. The summed E-state index contributed by atoms with van der Waals surface area (Å²) >= 11 is -2.49. The second-order valence-electron chi connectivity index (χ2n) is 6.28. The van der Waals surface area contributed by atoms with Gasteiger partial charge in [0.15, 0.2) is 0 Å². The van der Waals surface area contributed by atoms with Gasteiger partial charge in [-0.3, -0.25) is 9.97 Å². The van der Waals surface area contributed by atoms with E-state index in [0.29, 0.717) is 0 Å². The minimum atomic E-state index is -2.49. The van der Waals surface area contributed by atoms with Crippen LogP contribution in [0.2, 0.25) is 8.87 Å². The van der Waals surface area contributed by atoms with Crippen LogP contribution in [0.15, 0.2) is 48.8 Å². The van der Waals surface area contributed by atoms with Crippen LogP contribution >= 0.6 is 17.8 Å². The molecule has 0 N–H and O–H groups in total. The molecular weight excluding hydrogens is 458 g/mol. The molecule has 2 nitrogen and oxygen atoms in total. The third kappa shape index (κ3) is 6.58. The van der Waals surface area contributed by atoms with Crippen molar-refractivity contribution in [3.8, 4) is 0 Å². The molecule has 0 fully saturated rings. The maximum absolute atomic E-state index is 6.27. The Labute approximate surface area is 162 Å². The summed E-state index contributed by atoms with van der Waals surface area (Å²) in [4.78, 5) is 8.69. The maximum Gasteiger partial charge on any atom is 0.0964 e. The van der Waals surface area contributed by atoms with Crippen molar-refractivity contribution in [3.63, 3.8) is 0 Å². The Bertz CT molecular complexity index is 728. The van der Waals surface area contributed by atoms with Crippen molar-refractivity contribution in [2.75, 3.05) is 0 Å². The summed E-state index contributed by atoms with van der Waals surface area (Å²) in [6, 6.07) is 12.1. The Hall–Kier alpha value is -0.581. The number of hydrogen-bond donors (Lipinski definition) is 0. The average molecular weight is 484 g/mol. The molecule has 0 bridgehead atoms. The number of rotatable bonds is 6. The second-order valence-corrected chi connectivity index (χ2v) is 25.0. The predicted molar refractivity (Wildman–Crippen MR) is 114 cm³/mol. The number of benzene rings is 1. The zero-order valence-corrected chi connectivity index (χ0v) is 19.4. The zero-order chi connectivity index (χ0) is 18.1. The van der Waals surface area contributed by atoms with Crippen LogP contribution in [0.4, 0.5) is 0 Å². The average Bonchev–Trinajstić information content (AvgIpc) is 2.65. The molecule has 0 saturated carbocycles. The molecule has 0 atom stereocenters. The van der Waals surface area contributed by atoms with Crippen LogP contribution in [-0.4, -0.2) is 26.1 Å². The molecule has 0 spiro atoms. The van der Waals surface area contributed by atoms with E-state index in [1.165, 1.54) is 25.7 Å². The van der Waals surface area contributed by atoms with Gasteiger partial charge in [-0.05, 0) is 12.1 Å². The molecule has 0 radical (unpaired) electrons. The number of fused-ring (bicyclic) bond motifs is 3. The summed E-state index contributed by atoms with van der Waals surface area (Å²) in [5.74, 6) is 0. The predicted octanol–water partition coefficient (Wildman–Crippen LogP) is 7.29. The first-order chi connectivity index (χ1) is 12.1. The summed E-state index contributed by atoms with van der Waals surface area (Å²) in [5.41, 5.74) is 1.95. The van der Waals surface area contributed by atoms with Crippen LogP contribution in [0, 0.1) is 0 Å². The first kappa shape index (κ1) is 20.7. The van der Waals surface area contributed by atoms with Gasteiger partial charge in [-0.15, -0.1) is 0 Å². The number of pyridine rings is 2. The first-order valence-corrected chi connectivity index (χ1v) is 20.3. The molecule has 0 aliphatic heterocycles. The molecule has 0 amide bonds. The summed E-state index contributed by atoms with van der Waals surface area (Å²) in [6.07, 6.45) is 8.51. The molecule has 0 unspecified atom stereocenters. The number of hydrogen-bond acceptors (Lipinski definition) is 2. The van der Waals surface area contributed by atoms with Crippen molar-refractivity contribution >= 4 is 55.8 Å². The quantitative estimate of drug-likeness (QED) is 0.272. The summed E-state index contributed by atoms with van der Waals surface area (Å²) in [6.45, 7) is 4.38. The van der Waals surface area contributed by atoms with Gasteiger partial charge in [0.05, 0.1) is 11.0 Å². The molecule has 1 aromatic carbocycles. The molecule has 0 aliphatic rings. The molecular formula is C20H26Cl2N2Sn. The van der Waals surface area contributed by atoms with Crippen molar-refractivity contribution in [1.29, 1.82) is 0 Å². The van der Waals surface area contributed by atoms with E-state index in [4.69, 9.17) is 17.8 Å². The molecule has 25 heavy (non-hydrogen) atoms. The third-order valence-corrected chi connectivity index (χ3v) is 15.4. The van der Waals surface area contributed by atoms with Crippen LogP contribution in [0.25, 0.3) is 21.8 Å². The van der Waals surface area contributed by atoms with E-state index in [1.807, 2.05) is 12.1 Å². The van der Waals surface area contributed by atoms with Crippen LogP contribution in [0.3, 0.4) is 0 Å². The van der Waals surface area contributed by atoms with Crippen molar-refractivity contribution in [3.05, 3.63) is 48.8 Å². The van der Waals surface area contributed by atoms with E-state index in [1.54, 1.807) is 12.4 Å². The molecule has 0 saturated heterocycles. The van der Waals surface area contributed by atoms with Crippen molar-refractivity contribution in [1.82, 2.24) is 9.97 Å². The Morgan fingerprint density at radius 1 is 0.760 bits per heavy atom. The summed E-state index contributed by atoms with van der Waals surface area (Å²) in [7, 11) is 12.5. The number of unbranched alkanes of at least 4 members (excludes halogenated alkanes) is 2. The van der Waals surface area contributed by atoms with Gasteiger partial charge in [0, 0.05) is 23.2 Å². The van der Waals surface area contributed by atoms with E-state index in [2.05, 4.69) is 48.1 Å². The zero-order valence-electron chi connectivity index (χ0n) is 15.0. The van der Waals surface area contributed by atoms with Crippen molar-refractivity contribution in [2.45, 2.75) is 48.4 Å². The van der Waals surface area contributed by atoms with Gasteiger partial charge in [0.2, 0.25) is 0 Å². The van der Waals surface area contributed by atoms with Gasteiger partial charge in [-0.25, -0.2) is 0 Å². The van der Waals surface area contributed by atoms with Crippen LogP contribution in [0.1, 0.15) is 39.5 Å². The van der Waals surface area contributed by atoms with E-state index < -0.39 is 16.1 Å². The SMILES string of the molecule is CCC[CH2][Sn]([Cl])([Cl])[CH2]CCC.c1cnc2c(c1)ccc1cccnc12. The Kier molecular flexibility index (Phi) is 8.74. The van der Waals surface area contributed by atoms with Crippen molar-refractivity contribution < 1.29 is 0 Å². The van der Waals surface area contributed by atoms with Gasteiger partial charge in [0.25, 0.3) is 0 Å². The second kappa shape index (κ2) is 10.5. The molecule has 3 rings (SSSR count). The van der Waals surface area contributed by atoms with E-state index in [9.17, 15) is 0 Å². The molecule has 2 heterocycles. The normalized spacial score (nSPS) is 11.4. The maximum atomic E-state index is 6.27. The van der Waals surface area contributed by atoms with E-state index >= 15 is 0 Å². The molecule has 3 aromatic rings. The van der Waals surface area contributed by atoms with Gasteiger partial charge >= 0.3 is 82.4 Å². The van der Waals surface area contributed by atoms with Gasteiger partial charge in [-0.2, -0.15) is 0 Å². The largest absolute Gasteiger partial charge is 0.254 e. The smallest absolute Gasteiger partial charge is 0.0964 e. The monoisotopic (exact) mass is 484 g/mol. The van der Waals surface area contributed by atoms with Gasteiger partial charge < -0.3 is 0 Å². The molecule has 5 heteroatoms. The van der Waals surface area contributed by atoms with Gasteiger partial charge in [-0.1, -0.05) is 24.3 Å². The van der Waals surface area contributed by atoms with Gasteiger partial charge in [0.1, 0.15) is 0 Å². The fourth-order valence-electron chi connectivity index (χ4n) is 2.68. The molecule has 134 valence electrons. The first-order valence-electron chi connectivity index (χ1n) is 9.03. The van der Waals surface area contributed by atoms with Crippen LogP contribution in [0.5, 0.6) is 0 Å². The van der Waals surface area contributed by atoms with E-state index in [0.717, 1.165) is 30.7 Å². The Morgan fingerprint density at radius 3 is 1.60 bits per heavy atom. The number of aromatic nitrogens is 2. The van der Waals surface area contributed by atoms with Crippen LogP contribution in [-0.2, 0) is 0 Å². The van der Waals surface area contributed by atoms with E-state index in [-0.39, 0.29) is 0 Å². The standard InChI is InChI=1S/C12H8N2.2C4H9.2ClH.Sn/c1-3-9-5-6-10-4-2-8-14-12(10)11(9)13-7-1;2*1-3-4-2;;;/h1-8H;2*1,3-4H2,2H3;2*1H;/q;;;;;+2/p-2. The molecule has 0 aliphatic carbocycles. The summed E-state index contributed by atoms with van der Waals surface area (Å²) < 4.78 is 2.29. The fraction of sp³-hybridized carbons (Fsp3) is 0.400.